The average Bonchev–Trinajstić information content (AvgIpc) is 2.39. The maximum atomic E-state index is 12.1. The van der Waals surface area contributed by atoms with E-state index in [0.717, 1.165) is 19.5 Å². The van der Waals surface area contributed by atoms with Gasteiger partial charge in [-0.3, -0.25) is 4.79 Å². The Balaban J connectivity index is 1.77. The number of likely N-dealkylation sites (tertiary alicyclic amines) is 1. The lowest BCUT2D eigenvalue weighted by atomic mass is 9.93. The van der Waals surface area contributed by atoms with E-state index < -0.39 is 0 Å². The molecule has 110 valence electrons. The Hall–Kier alpha value is -0.570. The van der Waals surface area contributed by atoms with Crippen LogP contribution in [0.4, 0.5) is 0 Å². The molecule has 3 heteroatoms. The van der Waals surface area contributed by atoms with Gasteiger partial charge in [-0.05, 0) is 31.6 Å². The molecule has 1 amide bonds. The van der Waals surface area contributed by atoms with Crippen LogP contribution in [-0.4, -0.2) is 36.0 Å². The summed E-state index contributed by atoms with van der Waals surface area (Å²) in [6.45, 7) is 6.15. The maximum Gasteiger partial charge on any atom is 0.222 e. The first-order valence-corrected chi connectivity index (χ1v) is 8.19. The number of rotatable bonds is 4. The Kier molecular flexibility index (Phi) is 5.68. The SMILES string of the molecule is CC(C)CC(=O)N1CCCC(NC2CCCCC2)C1. The minimum absolute atomic E-state index is 0.352. The van der Waals surface area contributed by atoms with Crippen molar-refractivity contribution in [3.8, 4) is 0 Å². The van der Waals surface area contributed by atoms with Crippen molar-refractivity contribution in [1.29, 1.82) is 0 Å². The first-order valence-electron chi connectivity index (χ1n) is 8.19. The molecule has 19 heavy (non-hydrogen) atoms. The molecule has 0 aromatic rings. The van der Waals surface area contributed by atoms with Crippen molar-refractivity contribution in [1.82, 2.24) is 10.2 Å². The number of nitrogens with zero attached hydrogens (tertiary/aromatic N) is 1. The fourth-order valence-electron chi connectivity index (χ4n) is 3.42. The van der Waals surface area contributed by atoms with Gasteiger partial charge in [0.25, 0.3) is 0 Å². The normalized spacial score (nSPS) is 25.8. The topological polar surface area (TPSA) is 32.3 Å². The molecular weight excluding hydrogens is 236 g/mol. The molecular formula is C16H30N2O. The van der Waals surface area contributed by atoms with Crippen LogP contribution in [0, 0.1) is 5.92 Å². The Bertz CT molecular complexity index is 284. The second kappa shape index (κ2) is 7.28. The highest BCUT2D eigenvalue weighted by Crippen LogP contribution is 2.20. The Morgan fingerprint density at radius 3 is 2.47 bits per heavy atom. The summed E-state index contributed by atoms with van der Waals surface area (Å²) in [6.07, 6.45) is 9.92. The van der Waals surface area contributed by atoms with Crippen LogP contribution in [0.15, 0.2) is 0 Å². The molecule has 0 aromatic heterocycles. The largest absolute Gasteiger partial charge is 0.341 e. The van der Waals surface area contributed by atoms with Crippen LogP contribution in [0.1, 0.15) is 65.2 Å². The Labute approximate surface area is 118 Å². The third-order valence-corrected chi connectivity index (χ3v) is 4.43. The first-order chi connectivity index (χ1) is 9.15. The third kappa shape index (κ3) is 4.79. The third-order valence-electron chi connectivity index (χ3n) is 4.43. The van der Waals surface area contributed by atoms with Crippen LogP contribution in [0.2, 0.25) is 0 Å². The molecule has 2 aliphatic rings. The molecule has 0 bridgehead atoms. The molecule has 1 heterocycles. The van der Waals surface area contributed by atoms with Gasteiger partial charge >= 0.3 is 0 Å². The monoisotopic (exact) mass is 266 g/mol. The smallest absolute Gasteiger partial charge is 0.222 e. The number of nitrogens with one attached hydrogen (secondary N) is 1. The standard InChI is InChI=1S/C16H30N2O/c1-13(2)11-16(19)18-10-6-9-15(12-18)17-14-7-4-3-5-8-14/h13-15,17H,3-12H2,1-2H3. The van der Waals surface area contributed by atoms with Crippen molar-refractivity contribution in [2.24, 2.45) is 5.92 Å². The second-order valence-electron chi connectivity index (χ2n) is 6.78. The van der Waals surface area contributed by atoms with Crippen LogP contribution in [0.3, 0.4) is 0 Å². The summed E-state index contributed by atoms with van der Waals surface area (Å²) in [7, 11) is 0. The maximum absolute atomic E-state index is 12.1. The van der Waals surface area contributed by atoms with E-state index in [9.17, 15) is 4.79 Å². The highest BCUT2D eigenvalue weighted by atomic mass is 16.2. The highest BCUT2D eigenvalue weighted by Gasteiger charge is 2.25. The predicted octanol–water partition coefficient (Wildman–Crippen LogP) is 2.95. The zero-order valence-electron chi connectivity index (χ0n) is 12.7. The lowest BCUT2D eigenvalue weighted by Crippen LogP contribution is -2.51. The van der Waals surface area contributed by atoms with Crippen molar-refractivity contribution in [3.05, 3.63) is 0 Å². The molecule has 0 radical (unpaired) electrons. The number of amides is 1. The van der Waals surface area contributed by atoms with Gasteiger partial charge < -0.3 is 10.2 Å². The van der Waals surface area contributed by atoms with E-state index >= 15 is 0 Å². The molecule has 0 spiro atoms. The minimum Gasteiger partial charge on any atom is -0.341 e. The van der Waals surface area contributed by atoms with Crippen molar-refractivity contribution >= 4 is 5.91 Å². The van der Waals surface area contributed by atoms with Crippen LogP contribution < -0.4 is 5.32 Å². The van der Waals surface area contributed by atoms with Gasteiger partial charge in [-0.25, -0.2) is 0 Å². The van der Waals surface area contributed by atoms with Gasteiger partial charge in [0.1, 0.15) is 0 Å². The molecule has 1 saturated heterocycles. The summed E-state index contributed by atoms with van der Waals surface area (Å²) in [5, 5.41) is 3.80. The molecule has 2 fully saturated rings. The van der Waals surface area contributed by atoms with Gasteiger partial charge in [0.05, 0.1) is 0 Å². The fourth-order valence-corrected chi connectivity index (χ4v) is 3.42. The fraction of sp³-hybridized carbons (Fsp3) is 0.938. The number of piperidine rings is 1. The molecule has 2 rings (SSSR count). The summed E-state index contributed by atoms with van der Waals surface area (Å²) in [5.41, 5.74) is 0. The number of carbonyl (C=O) groups excluding carboxylic acids is 1. The summed E-state index contributed by atoms with van der Waals surface area (Å²) in [5.74, 6) is 0.823. The minimum atomic E-state index is 0.352. The molecule has 1 saturated carbocycles. The van der Waals surface area contributed by atoms with Crippen LogP contribution in [0.25, 0.3) is 0 Å². The number of hydrogen-bond donors (Lipinski definition) is 1. The van der Waals surface area contributed by atoms with Crippen molar-refractivity contribution < 1.29 is 4.79 Å². The summed E-state index contributed by atoms with van der Waals surface area (Å²) >= 11 is 0. The quantitative estimate of drug-likeness (QED) is 0.848. The van der Waals surface area contributed by atoms with Crippen molar-refractivity contribution in [2.45, 2.75) is 77.3 Å². The predicted molar refractivity (Wildman–Crippen MR) is 79.1 cm³/mol. The average molecular weight is 266 g/mol. The Morgan fingerprint density at radius 1 is 1.11 bits per heavy atom. The van der Waals surface area contributed by atoms with Crippen molar-refractivity contribution in [2.75, 3.05) is 13.1 Å². The summed E-state index contributed by atoms with van der Waals surface area (Å²) in [4.78, 5) is 14.2. The van der Waals surface area contributed by atoms with E-state index in [1.165, 1.54) is 38.5 Å². The van der Waals surface area contributed by atoms with Gasteiger partial charge in [0.15, 0.2) is 0 Å². The second-order valence-corrected chi connectivity index (χ2v) is 6.78. The van der Waals surface area contributed by atoms with Gasteiger partial charge in [0, 0.05) is 31.6 Å². The van der Waals surface area contributed by atoms with E-state index in [4.69, 9.17) is 0 Å². The van der Waals surface area contributed by atoms with Crippen LogP contribution >= 0.6 is 0 Å². The van der Waals surface area contributed by atoms with E-state index in [0.29, 0.717) is 30.3 Å². The number of carbonyl (C=O) groups is 1. The number of hydrogen-bond acceptors (Lipinski definition) is 2. The molecule has 0 aromatic carbocycles. The Morgan fingerprint density at radius 2 is 1.79 bits per heavy atom. The van der Waals surface area contributed by atoms with E-state index in [-0.39, 0.29) is 0 Å². The van der Waals surface area contributed by atoms with Gasteiger partial charge in [0.2, 0.25) is 5.91 Å². The zero-order chi connectivity index (χ0) is 13.7. The van der Waals surface area contributed by atoms with Gasteiger partial charge in [-0.2, -0.15) is 0 Å². The molecule has 1 N–H and O–H groups in total. The van der Waals surface area contributed by atoms with E-state index in [2.05, 4.69) is 24.1 Å². The molecule has 1 aliphatic carbocycles. The molecule has 1 unspecified atom stereocenters. The summed E-state index contributed by atoms with van der Waals surface area (Å²) in [6, 6.07) is 1.24. The molecule has 3 nitrogen and oxygen atoms in total. The van der Waals surface area contributed by atoms with Crippen LogP contribution in [-0.2, 0) is 4.79 Å². The van der Waals surface area contributed by atoms with Gasteiger partial charge in [-0.15, -0.1) is 0 Å². The zero-order valence-corrected chi connectivity index (χ0v) is 12.7. The highest BCUT2D eigenvalue weighted by molar-refractivity contribution is 5.76. The molecule has 1 aliphatic heterocycles. The first kappa shape index (κ1) is 14.8. The van der Waals surface area contributed by atoms with Crippen LogP contribution in [0.5, 0.6) is 0 Å². The van der Waals surface area contributed by atoms with E-state index in [1.807, 2.05) is 0 Å². The van der Waals surface area contributed by atoms with Gasteiger partial charge in [-0.1, -0.05) is 33.1 Å². The lowest BCUT2D eigenvalue weighted by Gasteiger charge is -2.36. The lowest BCUT2D eigenvalue weighted by molar-refractivity contribution is -0.133. The van der Waals surface area contributed by atoms with Crippen molar-refractivity contribution in [3.63, 3.8) is 0 Å². The summed E-state index contributed by atoms with van der Waals surface area (Å²) < 4.78 is 0. The molecule has 1 atom stereocenters. The van der Waals surface area contributed by atoms with E-state index in [1.54, 1.807) is 0 Å².